The number of rotatable bonds is 6. The van der Waals surface area contributed by atoms with E-state index in [0.29, 0.717) is 0 Å². The van der Waals surface area contributed by atoms with Crippen molar-refractivity contribution in [3.63, 3.8) is 0 Å². The van der Waals surface area contributed by atoms with E-state index in [1.807, 2.05) is 13.8 Å². The average Bonchev–Trinajstić information content (AvgIpc) is 1.99. The van der Waals surface area contributed by atoms with Crippen LogP contribution in [0.3, 0.4) is 0 Å². The minimum atomic E-state index is -1.18. The van der Waals surface area contributed by atoms with Crippen LogP contribution in [0.5, 0.6) is 0 Å². The maximum Gasteiger partial charge on any atom is 0.305 e. The van der Waals surface area contributed by atoms with Crippen molar-refractivity contribution in [2.45, 2.75) is 32.7 Å². The molecule has 6 nitrogen and oxygen atoms in total. The summed E-state index contributed by atoms with van der Waals surface area (Å²) in [5.74, 6) is -2.24. The molecule has 2 amide bonds. The second-order valence-corrected chi connectivity index (χ2v) is 3.72. The molecule has 15 heavy (non-hydrogen) atoms. The molecule has 0 saturated heterocycles. The summed E-state index contributed by atoms with van der Waals surface area (Å²) in [5, 5.41) is 10.8. The van der Waals surface area contributed by atoms with Crippen molar-refractivity contribution in [2.24, 2.45) is 11.7 Å². The van der Waals surface area contributed by atoms with E-state index in [1.54, 1.807) is 0 Å². The van der Waals surface area contributed by atoms with E-state index in [-0.39, 0.29) is 18.2 Å². The van der Waals surface area contributed by atoms with Gasteiger partial charge in [-0.1, -0.05) is 13.8 Å². The topological polar surface area (TPSA) is 109 Å². The van der Waals surface area contributed by atoms with Crippen LogP contribution in [0.25, 0.3) is 0 Å². The first-order valence-electron chi connectivity index (χ1n) is 4.63. The summed E-state index contributed by atoms with van der Waals surface area (Å²) < 4.78 is 0. The van der Waals surface area contributed by atoms with Gasteiger partial charge in [0.25, 0.3) is 0 Å². The number of carbonyl (C=O) groups is 3. The fourth-order valence-corrected chi connectivity index (χ4v) is 1.02. The predicted octanol–water partition coefficient (Wildman–Crippen LogP) is -0.523. The lowest BCUT2D eigenvalue weighted by Crippen LogP contribution is -2.45. The molecule has 86 valence electrons. The number of carboxylic acid groups (broad SMARTS) is 1. The number of hydrogen-bond donors (Lipinski definition) is 3. The molecular formula is C9H16N2O4. The number of nitrogens with two attached hydrogens (primary N) is 1. The van der Waals surface area contributed by atoms with Gasteiger partial charge in [0.2, 0.25) is 11.8 Å². The molecule has 0 aliphatic carbocycles. The second kappa shape index (κ2) is 6.00. The summed E-state index contributed by atoms with van der Waals surface area (Å²) in [5.41, 5.74) is 4.95. The van der Waals surface area contributed by atoms with Crippen molar-refractivity contribution < 1.29 is 19.5 Å². The van der Waals surface area contributed by atoms with E-state index in [4.69, 9.17) is 10.8 Å². The largest absolute Gasteiger partial charge is 0.481 e. The van der Waals surface area contributed by atoms with Gasteiger partial charge in [-0.2, -0.15) is 0 Å². The highest BCUT2D eigenvalue weighted by molar-refractivity contribution is 5.89. The van der Waals surface area contributed by atoms with Crippen LogP contribution in [0.1, 0.15) is 26.7 Å². The third kappa shape index (κ3) is 6.48. The number of primary amides is 1. The lowest BCUT2D eigenvalue weighted by atomic mass is 10.1. The molecule has 0 fully saturated rings. The summed E-state index contributed by atoms with van der Waals surface area (Å²) in [7, 11) is 0. The molecule has 6 heteroatoms. The molecule has 0 spiro atoms. The standard InChI is InChI=1S/C9H16N2O4/c1-5(2)3-7(12)11-6(9(10)15)4-8(13)14/h5-6H,3-4H2,1-2H3,(H2,10,15)(H,11,12)(H,13,14)/t6-/m0/s1. The number of hydrogen-bond acceptors (Lipinski definition) is 3. The lowest BCUT2D eigenvalue weighted by molar-refractivity contribution is -0.140. The normalized spacial score (nSPS) is 12.2. The first kappa shape index (κ1) is 13.4. The second-order valence-electron chi connectivity index (χ2n) is 3.72. The van der Waals surface area contributed by atoms with Crippen molar-refractivity contribution in [1.29, 1.82) is 0 Å². The van der Waals surface area contributed by atoms with E-state index in [2.05, 4.69) is 5.32 Å². The molecule has 0 aromatic heterocycles. The van der Waals surface area contributed by atoms with Gasteiger partial charge < -0.3 is 16.2 Å². The summed E-state index contributed by atoms with van der Waals surface area (Å²) >= 11 is 0. The minimum absolute atomic E-state index is 0.142. The predicted molar refractivity (Wildman–Crippen MR) is 52.8 cm³/mol. The van der Waals surface area contributed by atoms with Crippen LogP contribution in [0, 0.1) is 5.92 Å². The van der Waals surface area contributed by atoms with Crippen molar-refractivity contribution in [3.05, 3.63) is 0 Å². The third-order valence-corrected chi connectivity index (χ3v) is 1.65. The Hall–Kier alpha value is -1.59. The molecule has 4 N–H and O–H groups in total. The molecule has 0 aromatic rings. The van der Waals surface area contributed by atoms with Crippen molar-refractivity contribution in [1.82, 2.24) is 5.32 Å². The molecule has 0 saturated carbocycles. The van der Waals surface area contributed by atoms with Gasteiger partial charge in [0, 0.05) is 6.42 Å². The zero-order valence-corrected chi connectivity index (χ0v) is 8.82. The van der Waals surface area contributed by atoms with Gasteiger partial charge in [0.05, 0.1) is 6.42 Å². The molecule has 0 radical (unpaired) electrons. The molecule has 0 aliphatic heterocycles. The minimum Gasteiger partial charge on any atom is -0.481 e. The highest BCUT2D eigenvalue weighted by Crippen LogP contribution is 2.00. The van der Waals surface area contributed by atoms with Crippen LogP contribution in [-0.2, 0) is 14.4 Å². The summed E-state index contributed by atoms with van der Waals surface area (Å²) in [6.45, 7) is 3.69. The van der Waals surface area contributed by atoms with Crippen molar-refractivity contribution >= 4 is 17.8 Å². The van der Waals surface area contributed by atoms with Crippen LogP contribution in [0.15, 0.2) is 0 Å². The van der Waals surface area contributed by atoms with E-state index in [1.165, 1.54) is 0 Å². The Kier molecular flexibility index (Phi) is 5.36. The summed E-state index contributed by atoms with van der Waals surface area (Å²) in [4.78, 5) is 32.4. The summed E-state index contributed by atoms with van der Waals surface area (Å²) in [6.07, 6.45) is -0.247. The highest BCUT2D eigenvalue weighted by Gasteiger charge is 2.21. The quantitative estimate of drug-likeness (QED) is 0.554. The molecule has 0 unspecified atom stereocenters. The van der Waals surface area contributed by atoms with Crippen LogP contribution in [0.2, 0.25) is 0 Å². The molecule has 1 atom stereocenters. The van der Waals surface area contributed by atoms with Gasteiger partial charge in [-0.25, -0.2) is 0 Å². The Morgan fingerprint density at radius 2 is 1.80 bits per heavy atom. The third-order valence-electron chi connectivity index (χ3n) is 1.65. The first-order chi connectivity index (χ1) is 6.82. The molecular weight excluding hydrogens is 200 g/mol. The first-order valence-corrected chi connectivity index (χ1v) is 4.63. The van der Waals surface area contributed by atoms with E-state index >= 15 is 0 Å². The van der Waals surface area contributed by atoms with E-state index < -0.39 is 24.3 Å². The molecule has 0 heterocycles. The smallest absolute Gasteiger partial charge is 0.305 e. The van der Waals surface area contributed by atoms with Crippen molar-refractivity contribution in [2.75, 3.05) is 0 Å². The fraction of sp³-hybridized carbons (Fsp3) is 0.667. The molecule has 0 bridgehead atoms. The van der Waals surface area contributed by atoms with Crippen LogP contribution >= 0.6 is 0 Å². The Balaban J connectivity index is 4.22. The van der Waals surface area contributed by atoms with Gasteiger partial charge in [-0.3, -0.25) is 14.4 Å². The fourth-order valence-electron chi connectivity index (χ4n) is 1.02. The Labute approximate surface area is 87.8 Å². The maximum absolute atomic E-state index is 11.2. The van der Waals surface area contributed by atoms with Crippen LogP contribution in [-0.4, -0.2) is 28.9 Å². The molecule has 0 aromatic carbocycles. The average molecular weight is 216 g/mol. The Morgan fingerprint density at radius 3 is 2.13 bits per heavy atom. The van der Waals surface area contributed by atoms with Gasteiger partial charge in [-0.15, -0.1) is 0 Å². The summed E-state index contributed by atoms with van der Waals surface area (Å²) in [6, 6.07) is -1.13. The zero-order valence-electron chi connectivity index (χ0n) is 8.82. The monoisotopic (exact) mass is 216 g/mol. The van der Waals surface area contributed by atoms with E-state index in [0.717, 1.165) is 0 Å². The number of amides is 2. The van der Waals surface area contributed by atoms with E-state index in [9.17, 15) is 14.4 Å². The van der Waals surface area contributed by atoms with Crippen LogP contribution < -0.4 is 11.1 Å². The SMILES string of the molecule is CC(C)CC(=O)N[C@@H](CC(=O)O)C(N)=O. The molecule has 0 rings (SSSR count). The highest BCUT2D eigenvalue weighted by atomic mass is 16.4. The number of aliphatic carboxylic acids is 1. The Morgan fingerprint density at radius 1 is 1.27 bits per heavy atom. The number of nitrogens with one attached hydrogen (secondary N) is 1. The Bertz CT molecular complexity index is 263. The number of carbonyl (C=O) groups excluding carboxylic acids is 2. The van der Waals surface area contributed by atoms with Crippen molar-refractivity contribution in [3.8, 4) is 0 Å². The van der Waals surface area contributed by atoms with Gasteiger partial charge in [0.1, 0.15) is 6.04 Å². The van der Waals surface area contributed by atoms with Gasteiger partial charge in [0.15, 0.2) is 0 Å². The van der Waals surface area contributed by atoms with Gasteiger partial charge >= 0.3 is 5.97 Å². The van der Waals surface area contributed by atoms with Gasteiger partial charge in [-0.05, 0) is 5.92 Å². The molecule has 0 aliphatic rings. The number of carboxylic acids is 1. The maximum atomic E-state index is 11.2. The van der Waals surface area contributed by atoms with Crippen LogP contribution in [0.4, 0.5) is 0 Å². The lowest BCUT2D eigenvalue weighted by Gasteiger charge is -2.14. The zero-order chi connectivity index (χ0) is 12.0.